The van der Waals surface area contributed by atoms with Gasteiger partial charge in [-0.25, -0.2) is 18.4 Å². The number of nitrogens with two attached hydrogens (primary N) is 1. The van der Waals surface area contributed by atoms with Crippen LogP contribution in [0.1, 0.15) is 16.7 Å². The number of carbonyl (C=O) groups is 1. The molecule has 47 heavy (non-hydrogen) atoms. The summed E-state index contributed by atoms with van der Waals surface area (Å²) < 4.78 is 32.2. The molecule has 3 aromatic heterocycles. The van der Waals surface area contributed by atoms with Gasteiger partial charge in [-0.2, -0.15) is 4.80 Å². The Labute approximate surface area is 270 Å². The number of carbonyl (C=O) groups excluding carboxylic acids is 1. The van der Waals surface area contributed by atoms with Crippen molar-refractivity contribution in [1.82, 2.24) is 34.2 Å². The van der Waals surface area contributed by atoms with Crippen LogP contribution < -0.4 is 22.3 Å². The number of amides is 2. The third-order valence-corrected chi connectivity index (χ3v) is 8.89. The zero-order valence-corrected chi connectivity index (χ0v) is 26.0. The number of hydrogen-bond acceptors (Lipinski definition) is 8. The predicted molar refractivity (Wildman–Crippen MR) is 174 cm³/mol. The molecular formula is C32H29F2N9O3S. The summed E-state index contributed by atoms with van der Waals surface area (Å²) in [6.07, 6.45) is 1.24. The van der Waals surface area contributed by atoms with Crippen molar-refractivity contribution in [3.8, 4) is 10.4 Å². The Morgan fingerprint density at radius 1 is 0.915 bits per heavy atom. The van der Waals surface area contributed by atoms with E-state index in [9.17, 15) is 23.2 Å². The SMILES string of the molecule is CN(Cc1ccccc1)Cc1c(-c2ccc(NC(N)=O)cc2)sc2c1c(=O)n(CCn1ncnn1)c(=O)n2Cc1c(F)cccc1F. The topological polar surface area (TPSA) is 146 Å². The molecule has 0 aliphatic rings. The highest BCUT2D eigenvalue weighted by Gasteiger charge is 2.25. The van der Waals surface area contributed by atoms with E-state index in [4.69, 9.17) is 5.73 Å². The summed E-state index contributed by atoms with van der Waals surface area (Å²) in [6.45, 7) is 0.365. The van der Waals surface area contributed by atoms with Crippen molar-refractivity contribution >= 4 is 33.3 Å². The smallest absolute Gasteiger partial charge is 0.332 e. The fourth-order valence-corrected chi connectivity index (χ4v) is 6.73. The summed E-state index contributed by atoms with van der Waals surface area (Å²) in [5.74, 6) is -1.63. The number of nitrogens with zero attached hydrogens (tertiary/aromatic N) is 7. The summed E-state index contributed by atoms with van der Waals surface area (Å²) in [5, 5.41) is 14.3. The zero-order valence-electron chi connectivity index (χ0n) is 25.1. The minimum absolute atomic E-state index is 0.0588. The molecule has 0 atom stereocenters. The fourth-order valence-electron chi connectivity index (χ4n) is 5.43. The Balaban J connectivity index is 1.56. The maximum Gasteiger partial charge on any atom is 0.332 e. The van der Waals surface area contributed by atoms with Gasteiger partial charge in [0, 0.05) is 29.2 Å². The van der Waals surface area contributed by atoms with Crippen LogP contribution in [0.4, 0.5) is 19.3 Å². The number of halogens is 2. The van der Waals surface area contributed by atoms with Crippen molar-refractivity contribution in [3.63, 3.8) is 0 Å². The summed E-state index contributed by atoms with van der Waals surface area (Å²) in [5.41, 5.74) is 6.57. The molecule has 2 amide bonds. The average Bonchev–Trinajstić information content (AvgIpc) is 3.69. The Morgan fingerprint density at radius 3 is 2.30 bits per heavy atom. The van der Waals surface area contributed by atoms with E-state index in [1.807, 2.05) is 42.3 Å². The second-order valence-corrected chi connectivity index (χ2v) is 11.9. The third kappa shape index (κ3) is 6.71. The molecule has 0 bridgehead atoms. The highest BCUT2D eigenvalue weighted by molar-refractivity contribution is 7.22. The van der Waals surface area contributed by atoms with Gasteiger partial charge in [-0.3, -0.25) is 18.8 Å². The number of primary amides is 1. The molecule has 0 spiro atoms. The number of hydrogen-bond donors (Lipinski definition) is 2. The van der Waals surface area contributed by atoms with Crippen LogP contribution in [-0.2, 0) is 32.7 Å². The minimum atomic E-state index is -0.813. The first kappa shape index (κ1) is 31.4. The van der Waals surface area contributed by atoms with Crippen molar-refractivity contribution in [2.45, 2.75) is 32.7 Å². The molecule has 240 valence electrons. The Morgan fingerprint density at radius 2 is 1.64 bits per heavy atom. The van der Waals surface area contributed by atoms with Crippen LogP contribution in [0.15, 0.2) is 88.7 Å². The largest absolute Gasteiger partial charge is 0.351 e. The van der Waals surface area contributed by atoms with Crippen LogP contribution in [0, 0.1) is 11.6 Å². The number of urea groups is 1. The van der Waals surface area contributed by atoms with Gasteiger partial charge < -0.3 is 11.1 Å². The number of aromatic nitrogens is 6. The van der Waals surface area contributed by atoms with Crippen LogP contribution in [0.2, 0.25) is 0 Å². The van der Waals surface area contributed by atoms with E-state index >= 15 is 0 Å². The molecular weight excluding hydrogens is 628 g/mol. The highest BCUT2D eigenvalue weighted by atomic mass is 32.1. The van der Waals surface area contributed by atoms with Crippen molar-refractivity contribution < 1.29 is 13.6 Å². The zero-order chi connectivity index (χ0) is 33.1. The van der Waals surface area contributed by atoms with Crippen LogP contribution in [0.5, 0.6) is 0 Å². The van der Waals surface area contributed by atoms with Gasteiger partial charge in [-0.15, -0.1) is 21.5 Å². The van der Waals surface area contributed by atoms with Crippen molar-refractivity contribution in [2.75, 3.05) is 12.4 Å². The van der Waals surface area contributed by atoms with E-state index in [1.54, 1.807) is 24.3 Å². The third-order valence-electron chi connectivity index (χ3n) is 7.59. The predicted octanol–water partition coefficient (Wildman–Crippen LogP) is 4.03. The van der Waals surface area contributed by atoms with E-state index < -0.39 is 35.5 Å². The number of benzene rings is 3. The van der Waals surface area contributed by atoms with Gasteiger partial charge in [0.15, 0.2) is 6.33 Å². The van der Waals surface area contributed by atoms with Crippen LogP contribution in [0.3, 0.4) is 0 Å². The molecule has 15 heteroatoms. The van der Waals surface area contributed by atoms with Crippen LogP contribution in [-0.4, -0.2) is 47.3 Å². The van der Waals surface area contributed by atoms with E-state index in [0.717, 1.165) is 22.3 Å². The Hall–Kier alpha value is -5.54. The molecule has 0 saturated heterocycles. The lowest BCUT2D eigenvalue weighted by molar-refractivity contribution is 0.259. The van der Waals surface area contributed by atoms with Crippen molar-refractivity contribution in [3.05, 3.63) is 128 Å². The number of fused-ring (bicyclic) bond motifs is 1. The molecule has 6 rings (SSSR count). The van der Waals surface area contributed by atoms with Crippen molar-refractivity contribution in [2.24, 2.45) is 5.73 Å². The van der Waals surface area contributed by atoms with Crippen molar-refractivity contribution in [1.29, 1.82) is 0 Å². The van der Waals surface area contributed by atoms with Gasteiger partial charge in [0.05, 0.1) is 25.0 Å². The number of thiophene rings is 1. The van der Waals surface area contributed by atoms with Gasteiger partial charge in [0.1, 0.15) is 16.5 Å². The van der Waals surface area contributed by atoms with E-state index in [2.05, 4.69) is 20.7 Å². The molecule has 0 aliphatic heterocycles. The second kappa shape index (κ2) is 13.4. The molecule has 0 saturated carbocycles. The van der Waals surface area contributed by atoms with Gasteiger partial charge in [0.25, 0.3) is 5.56 Å². The van der Waals surface area contributed by atoms with Gasteiger partial charge >= 0.3 is 11.7 Å². The number of rotatable bonds is 11. The summed E-state index contributed by atoms with van der Waals surface area (Å²) in [4.78, 5) is 43.9. The van der Waals surface area contributed by atoms with Gasteiger partial charge in [-0.1, -0.05) is 48.5 Å². The lowest BCUT2D eigenvalue weighted by atomic mass is 10.1. The van der Waals surface area contributed by atoms with E-state index in [0.29, 0.717) is 34.8 Å². The maximum atomic E-state index is 14.9. The van der Waals surface area contributed by atoms with E-state index in [-0.39, 0.29) is 28.9 Å². The van der Waals surface area contributed by atoms with Crippen LogP contribution in [0.25, 0.3) is 20.7 Å². The van der Waals surface area contributed by atoms with Gasteiger partial charge in [-0.05, 0) is 53.2 Å². The normalized spacial score (nSPS) is 11.4. The number of aryl methyl sites for hydroxylation is 1. The number of nitrogens with one attached hydrogen (secondary N) is 1. The molecule has 3 heterocycles. The number of anilines is 1. The highest BCUT2D eigenvalue weighted by Crippen LogP contribution is 2.38. The molecule has 0 aliphatic carbocycles. The second-order valence-electron chi connectivity index (χ2n) is 10.9. The maximum absolute atomic E-state index is 14.9. The summed E-state index contributed by atoms with van der Waals surface area (Å²) >= 11 is 1.18. The quantitative estimate of drug-likeness (QED) is 0.214. The fraction of sp³-hybridized carbons (Fsp3) is 0.188. The average molecular weight is 658 g/mol. The molecule has 0 radical (unpaired) electrons. The Kier molecular flexibility index (Phi) is 8.99. The van der Waals surface area contributed by atoms with Crippen LogP contribution >= 0.6 is 11.3 Å². The first-order chi connectivity index (χ1) is 22.7. The van der Waals surface area contributed by atoms with E-state index in [1.165, 1.54) is 33.1 Å². The van der Waals surface area contributed by atoms with Gasteiger partial charge in [0.2, 0.25) is 0 Å². The molecule has 3 aromatic carbocycles. The molecule has 0 unspecified atom stereocenters. The molecule has 0 fully saturated rings. The Bertz CT molecular complexity index is 2140. The summed E-state index contributed by atoms with van der Waals surface area (Å²) in [7, 11) is 1.92. The lowest BCUT2D eigenvalue weighted by Gasteiger charge is -2.18. The summed E-state index contributed by atoms with van der Waals surface area (Å²) in [6, 6.07) is 19.5. The number of tetrazole rings is 1. The first-order valence-corrected chi connectivity index (χ1v) is 15.3. The molecule has 6 aromatic rings. The minimum Gasteiger partial charge on any atom is -0.351 e. The first-order valence-electron chi connectivity index (χ1n) is 14.5. The lowest BCUT2D eigenvalue weighted by Crippen LogP contribution is -2.41. The molecule has 12 nitrogen and oxygen atoms in total. The standard InChI is InChI=1S/C32H29F2N9O3S/c1-40(16-20-6-3-2-4-7-20)17-24-27-29(44)41(14-15-43-37-19-36-39-43)32(46)42(18-23-25(33)8-5-9-26(23)34)30(27)47-28(24)21-10-12-22(13-11-21)38-31(35)45/h2-13,19H,14-18H2,1H3,(H3,35,38,45). The monoisotopic (exact) mass is 657 g/mol. The molecule has 3 N–H and O–H groups in total.